The van der Waals surface area contributed by atoms with Gasteiger partial charge in [-0.15, -0.1) is 0 Å². The Morgan fingerprint density at radius 1 is 1.12 bits per heavy atom. The molecule has 26 heavy (non-hydrogen) atoms. The van der Waals surface area contributed by atoms with E-state index in [-0.39, 0.29) is 12.5 Å². The summed E-state index contributed by atoms with van der Waals surface area (Å²) in [7, 11) is 0. The normalized spacial score (nSPS) is 21.8. The molecular formula is C22H30N2O2. The number of hydrogen-bond acceptors (Lipinski definition) is 4. The summed E-state index contributed by atoms with van der Waals surface area (Å²) in [5, 5.41) is 19.1. The van der Waals surface area contributed by atoms with Gasteiger partial charge in [0.05, 0.1) is 0 Å². The largest absolute Gasteiger partial charge is 0.493 e. The molecular weight excluding hydrogens is 324 g/mol. The van der Waals surface area contributed by atoms with Gasteiger partial charge in [-0.3, -0.25) is 0 Å². The van der Waals surface area contributed by atoms with Crippen molar-refractivity contribution in [3.8, 4) is 5.88 Å². The van der Waals surface area contributed by atoms with Crippen LogP contribution in [0.3, 0.4) is 0 Å². The quantitative estimate of drug-likeness (QED) is 0.762. The fraction of sp³-hybridized carbons (Fsp3) is 0.500. The van der Waals surface area contributed by atoms with Crippen LogP contribution in [0, 0.1) is 11.8 Å². The number of aliphatic hydroxyl groups is 1. The molecule has 2 aromatic rings. The van der Waals surface area contributed by atoms with Crippen LogP contribution in [0.2, 0.25) is 0 Å². The van der Waals surface area contributed by atoms with E-state index in [9.17, 15) is 10.2 Å². The predicted octanol–water partition coefficient (Wildman–Crippen LogP) is 3.45. The Morgan fingerprint density at radius 2 is 1.88 bits per heavy atom. The van der Waals surface area contributed by atoms with E-state index in [1.54, 1.807) is 12.3 Å². The smallest absolute Gasteiger partial charge is 0.210 e. The maximum absolute atomic E-state index is 9.79. The summed E-state index contributed by atoms with van der Waals surface area (Å²) in [4.78, 5) is 6.46. The number of rotatable bonds is 8. The Hall–Kier alpha value is -1.91. The number of benzene rings is 1. The van der Waals surface area contributed by atoms with Crippen molar-refractivity contribution >= 4 is 0 Å². The van der Waals surface area contributed by atoms with Crippen molar-refractivity contribution in [3.05, 3.63) is 59.8 Å². The van der Waals surface area contributed by atoms with E-state index >= 15 is 0 Å². The van der Waals surface area contributed by atoms with Crippen molar-refractivity contribution in [1.29, 1.82) is 0 Å². The van der Waals surface area contributed by atoms with Crippen molar-refractivity contribution < 1.29 is 10.2 Å². The maximum Gasteiger partial charge on any atom is 0.210 e. The Labute approximate surface area is 156 Å². The highest BCUT2D eigenvalue weighted by Gasteiger charge is 2.32. The molecule has 3 atom stereocenters. The van der Waals surface area contributed by atoms with E-state index in [1.165, 1.54) is 18.4 Å². The van der Waals surface area contributed by atoms with Crippen LogP contribution in [0.15, 0.2) is 48.7 Å². The molecule has 2 N–H and O–H groups in total. The molecule has 140 valence electrons. The maximum atomic E-state index is 9.79. The average Bonchev–Trinajstić information content (AvgIpc) is 3.04. The third kappa shape index (κ3) is 5.05. The molecule has 1 saturated heterocycles. The van der Waals surface area contributed by atoms with Crippen LogP contribution in [-0.2, 0) is 6.42 Å². The standard InChI is InChI=1S/C22H30N2O2/c1-17(19-10-11-22(26)23-12-19)13-24-14-20(21(15-24)16-25)9-5-8-18-6-3-2-4-7-18/h2-4,6-7,10-12,17,20-21,25H,5,8-9,13-16H2,1H3,(H,23,26)/t17?,20-,21-/m1/s1. The molecule has 4 heteroatoms. The third-order valence-corrected chi connectivity index (χ3v) is 5.64. The van der Waals surface area contributed by atoms with Crippen LogP contribution in [0.4, 0.5) is 0 Å². The van der Waals surface area contributed by atoms with Gasteiger partial charge in [0.25, 0.3) is 0 Å². The molecule has 1 aromatic heterocycles. The first-order chi connectivity index (χ1) is 12.7. The lowest BCUT2D eigenvalue weighted by Crippen LogP contribution is -2.26. The topological polar surface area (TPSA) is 56.6 Å². The van der Waals surface area contributed by atoms with Gasteiger partial charge in [0, 0.05) is 38.5 Å². The summed E-state index contributed by atoms with van der Waals surface area (Å²) in [6.07, 6.45) is 5.23. The molecule has 1 aromatic carbocycles. The van der Waals surface area contributed by atoms with Crippen LogP contribution in [0.1, 0.15) is 36.8 Å². The Kier molecular flexibility index (Phi) is 6.64. The zero-order valence-electron chi connectivity index (χ0n) is 15.6. The second-order valence-corrected chi connectivity index (χ2v) is 7.65. The minimum absolute atomic E-state index is 0.0703. The lowest BCUT2D eigenvalue weighted by molar-refractivity contribution is 0.195. The number of nitrogens with zero attached hydrogens (tertiary/aromatic N) is 2. The highest BCUT2D eigenvalue weighted by molar-refractivity contribution is 5.20. The van der Waals surface area contributed by atoms with Gasteiger partial charge in [-0.2, -0.15) is 0 Å². The summed E-state index contributed by atoms with van der Waals surface area (Å²) < 4.78 is 0. The van der Waals surface area contributed by atoms with Gasteiger partial charge in [0.1, 0.15) is 0 Å². The first-order valence-corrected chi connectivity index (χ1v) is 9.67. The van der Waals surface area contributed by atoms with Gasteiger partial charge in [0.2, 0.25) is 5.88 Å². The van der Waals surface area contributed by atoms with E-state index in [4.69, 9.17) is 0 Å². The molecule has 1 fully saturated rings. The monoisotopic (exact) mass is 354 g/mol. The Morgan fingerprint density at radius 3 is 2.58 bits per heavy atom. The van der Waals surface area contributed by atoms with E-state index in [1.807, 2.05) is 6.07 Å². The number of aryl methyl sites for hydroxylation is 1. The minimum atomic E-state index is 0.0703. The van der Waals surface area contributed by atoms with Crippen LogP contribution < -0.4 is 0 Å². The zero-order chi connectivity index (χ0) is 18.4. The molecule has 1 aliphatic heterocycles. The fourth-order valence-electron chi connectivity index (χ4n) is 4.11. The number of pyridine rings is 1. The molecule has 3 rings (SSSR count). The zero-order valence-corrected chi connectivity index (χ0v) is 15.6. The summed E-state index contributed by atoms with van der Waals surface area (Å²) in [6, 6.07) is 14.2. The predicted molar refractivity (Wildman–Crippen MR) is 104 cm³/mol. The average molecular weight is 354 g/mol. The second kappa shape index (κ2) is 9.15. The summed E-state index contributed by atoms with van der Waals surface area (Å²) in [6.45, 7) is 5.49. The summed E-state index contributed by atoms with van der Waals surface area (Å²) >= 11 is 0. The fourth-order valence-corrected chi connectivity index (χ4v) is 4.11. The van der Waals surface area contributed by atoms with Gasteiger partial charge in [0.15, 0.2) is 0 Å². The molecule has 2 heterocycles. The lowest BCUT2D eigenvalue weighted by Gasteiger charge is -2.21. The first-order valence-electron chi connectivity index (χ1n) is 9.67. The van der Waals surface area contributed by atoms with Crippen LogP contribution in [0.5, 0.6) is 5.88 Å². The number of aromatic nitrogens is 1. The Bertz CT molecular complexity index is 660. The second-order valence-electron chi connectivity index (χ2n) is 7.65. The van der Waals surface area contributed by atoms with E-state index in [0.29, 0.717) is 17.8 Å². The summed E-state index contributed by atoms with van der Waals surface area (Å²) in [5.41, 5.74) is 2.55. The van der Waals surface area contributed by atoms with Gasteiger partial charge in [-0.1, -0.05) is 43.3 Å². The van der Waals surface area contributed by atoms with Gasteiger partial charge in [-0.05, 0) is 48.1 Å². The molecule has 1 unspecified atom stereocenters. The van der Waals surface area contributed by atoms with Crippen LogP contribution in [-0.4, -0.2) is 46.3 Å². The van der Waals surface area contributed by atoms with E-state index < -0.39 is 0 Å². The van der Waals surface area contributed by atoms with Crippen LogP contribution in [0.25, 0.3) is 0 Å². The highest BCUT2D eigenvalue weighted by atomic mass is 16.3. The molecule has 0 bridgehead atoms. The number of aliphatic hydroxyl groups excluding tert-OH is 1. The van der Waals surface area contributed by atoms with Gasteiger partial charge in [-0.25, -0.2) is 4.98 Å². The highest BCUT2D eigenvalue weighted by Crippen LogP contribution is 2.29. The number of hydrogen-bond donors (Lipinski definition) is 2. The Balaban J connectivity index is 1.49. The molecule has 0 radical (unpaired) electrons. The molecule has 0 spiro atoms. The molecule has 0 amide bonds. The van der Waals surface area contributed by atoms with Crippen molar-refractivity contribution in [2.45, 2.75) is 32.1 Å². The third-order valence-electron chi connectivity index (χ3n) is 5.64. The van der Waals surface area contributed by atoms with Crippen molar-refractivity contribution in [1.82, 2.24) is 9.88 Å². The van der Waals surface area contributed by atoms with Gasteiger partial charge < -0.3 is 15.1 Å². The SMILES string of the molecule is CC(CN1C[C@@H](CCCc2ccccc2)[C@@H](CO)C1)c1ccc(O)nc1. The number of aromatic hydroxyl groups is 1. The molecule has 1 aliphatic rings. The lowest BCUT2D eigenvalue weighted by atomic mass is 9.91. The minimum Gasteiger partial charge on any atom is -0.493 e. The summed E-state index contributed by atoms with van der Waals surface area (Å²) in [5.74, 6) is 1.40. The van der Waals surface area contributed by atoms with E-state index in [0.717, 1.165) is 31.6 Å². The first kappa shape index (κ1) is 18.9. The van der Waals surface area contributed by atoms with E-state index in [2.05, 4.69) is 47.1 Å². The number of likely N-dealkylation sites (tertiary alicyclic amines) is 1. The molecule has 0 saturated carbocycles. The van der Waals surface area contributed by atoms with Crippen molar-refractivity contribution in [2.24, 2.45) is 11.8 Å². The van der Waals surface area contributed by atoms with Crippen molar-refractivity contribution in [2.75, 3.05) is 26.2 Å². The molecule has 4 nitrogen and oxygen atoms in total. The molecule has 0 aliphatic carbocycles. The van der Waals surface area contributed by atoms with Crippen molar-refractivity contribution in [3.63, 3.8) is 0 Å². The van der Waals surface area contributed by atoms with Gasteiger partial charge >= 0.3 is 0 Å². The van der Waals surface area contributed by atoms with Crippen LogP contribution >= 0.6 is 0 Å².